The largest absolute Gasteiger partial charge is 0.340 e. The zero-order valence-electron chi connectivity index (χ0n) is 18.5. The summed E-state index contributed by atoms with van der Waals surface area (Å²) in [5, 5.41) is 2.83. The third-order valence-electron chi connectivity index (χ3n) is 5.44. The lowest BCUT2D eigenvalue weighted by Crippen LogP contribution is -2.57. The molecule has 1 saturated heterocycles. The van der Waals surface area contributed by atoms with Crippen molar-refractivity contribution in [3.8, 4) is 0 Å². The summed E-state index contributed by atoms with van der Waals surface area (Å²) in [6.45, 7) is 7.85. The highest BCUT2D eigenvalue weighted by atomic mass is 32.2. The zero-order valence-corrected chi connectivity index (χ0v) is 20.2. The highest BCUT2D eigenvalue weighted by molar-refractivity contribution is 7.91. The van der Waals surface area contributed by atoms with Gasteiger partial charge in [-0.2, -0.15) is 4.31 Å². The van der Waals surface area contributed by atoms with E-state index in [1.807, 2.05) is 32.9 Å². The lowest BCUT2D eigenvalue weighted by atomic mass is 10.0. The van der Waals surface area contributed by atoms with Gasteiger partial charge in [-0.25, -0.2) is 8.42 Å². The lowest BCUT2D eigenvalue weighted by molar-refractivity contribution is -0.135. The second kappa shape index (κ2) is 9.55. The predicted molar refractivity (Wildman–Crippen MR) is 122 cm³/mol. The van der Waals surface area contributed by atoms with E-state index in [0.717, 1.165) is 5.56 Å². The number of carbonyl (C=O) groups is 2. The molecule has 11 heteroatoms. The van der Waals surface area contributed by atoms with Gasteiger partial charge in [0, 0.05) is 37.4 Å². The molecular formula is C21H28N4O5S2. The molecular weight excluding hydrogens is 452 g/mol. The quantitative estimate of drug-likeness (QED) is 0.647. The van der Waals surface area contributed by atoms with Crippen molar-refractivity contribution in [1.29, 1.82) is 0 Å². The van der Waals surface area contributed by atoms with Gasteiger partial charge in [0.25, 0.3) is 15.9 Å². The number of sulfonamides is 1. The highest BCUT2D eigenvalue weighted by Gasteiger charge is 2.35. The van der Waals surface area contributed by atoms with E-state index in [0.29, 0.717) is 22.6 Å². The van der Waals surface area contributed by atoms with Crippen LogP contribution in [-0.2, 0) is 14.8 Å². The summed E-state index contributed by atoms with van der Waals surface area (Å²) in [6, 6.07) is 6.39. The number of aromatic nitrogens is 1. The average molecular weight is 481 g/mol. The number of nitrogens with one attached hydrogen (secondary N) is 2. The summed E-state index contributed by atoms with van der Waals surface area (Å²) >= 11 is 0.668. The fraction of sp³-hybridized carbons (Fsp3) is 0.476. The van der Waals surface area contributed by atoms with Gasteiger partial charge >= 0.3 is 4.87 Å². The molecule has 1 aliphatic heterocycles. The van der Waals surface area contributed by atoms with Crippen LogP contribution in [0.2, 0.25) is 0 Å². The Kier molecular flexibility index (Phi) is 7.21. The molecule has 1 unspecified atom stereocenters. The number of benzene rings is 1. The molecule has 1 aromatic carbocycles. The number of hydrogen-bond acceptors (Lipinski definition) is 6. The molecule has 1 fully saturated rings. The van der Waals surface area contributed by atoms with Crippen molar-refractivity contribution in [3.05, 3.63) is 50.8 Å². The standard InChI is InChI=1S/C21H28N4O5S2/c1-13(2)17(23-18(26)16-7-5-14(3)6-8-16)19(27)24-9-11-25(12-10-24)32(29,30)20-15(4)22-21(28)31-20/h5-8,13,17H,9-12H2,1-4H3,(H,22,28)(H,23,26). The number of H-pyrrole nitrogens is 1. The van der Waals surface area contributed by atoms with E-state index in [-0.39, 0.29) is 48.1 Å². The van der Waals surface area contributed by atoms with Crippen LogP contribution in [0.3, 0.4) is 0 Å². The summed E-state index contributed by atoms with van der Waals surface area (Å²) in [7, 11) is -3.80. The maximum Gasteiger partial charge on any atom is 0.305 e. The van der Waals surface area contributed by atoms with Crippen LogP contribution in [0, 0.1) is 19.8 Å². The molecule has 0 spiro atoms. The van der Waals surface area contributed by atoms with Crippen LogP contribution < -0.4 is 10.2 Å². The smallest absolute Gasteiger partial charge is 0.305 e. The lowest BCUT2D eigenvalue weighted by Gasteiger charge is -2.36. The number of aryl methyl sites for hydroxylation is 2. The molecule has 3 rings (SSSR count). The van der Waals surface area contributed by atoms with E-state index in [4.69, 9.17) is 0 Å². The third-order valence-corrected chi connectivity index (χ3v) is 8.92. The van der Waals surface area contributed by atoms with Crippen LogP contribution in [0.1, 0.15) is 35.5 Å². The van der Waals surface area contributed by atoms with Crippen molar-refractivity contribution in [2.45, 2.75) is 37.9 Å². The topological polar surface area (TPSA) is 120 Å². The minimum Gasteiger partial charge on any atom is -0.340 e. The third kappa shape index (κ3) is 5.11. The molecule has 9 nitrogen and oxygen atoms in total. The number of rotatable bonds is 6. The van der Waals surface area contributed by atoms with Gasteiger partial charge in [0.05, 0.1) is 0 Å². The van der Waals surface area contributed by atoms with E-state index >= 15 is 0 Å². The van der Waals surface area contributed by atoms with E-state index in [1.54, 1.807) is 24.0 Å². The Morgan fingerprint density at radius 3 is 2.16 bits per heavy atom. The number of hydrogen-bond donors (Lipinski definition) is 2. The molecule has 2 N–H and O–H groups in total. The fourth-order valence-electron chi connectivity index (χ4n) is 3.54. The molecule has 1 aliphatic rings. The van der Waals surface area contributed by atoms with Gasteiger partial charge in [0.15, 0.2) is 4.21 Å². The molecule has 0 bridgehead atoms. The average Bonchev–Trinajstić information content (AvgIpc) is 3.10. The van der Waals surface area contributed by atoms with E-state index in [1.165, 1.54) is 4.31 Å². The predicted octanol–water partition coefficient (Wildman–Crippen LogP) is 1.34. The highest BCUT2D eigenvalue weighted by Crippen LogP contribution is 2.22. The number of nitrogens with zero attached hydrogens (tertiary/aromatic N) is 2. The van der Waals surface area contributed by atoms with Crippen molar-refractivity contribution in [3.63, 3.8) is 0 Å². The molecule has 0 saturated carbocycles. The molecule has 174 valence electrons. The Hall–Kier alpha value is -2.50. The molecule has 1 aromatic heterocycles. The molecule has 0 aliphatic carbocycles. The van der Waals surface area contributed by atoms with Gasteiger partial charge in [-0.3, -0.25) is 14.4 Å². The van der Waals surface area contributed by atoms with Crippen molar-refractivity contribution >= 4 is 33.2 Å². The first-order chi connectivity index (χ1) is 15.0. The molecule has 32 heavy (non-hydrogen) atoms. The van der Waals surface area contributed by atoms with Gasteiger partial charge in [-0.05, 0) is 31.9 Å². The van der Waals surface area contributed by atoms with Gasteiger partial charge in [-0.1, -0.05) is 42.9 Å². The van der Waals surface area contributed by atoms with Crippen LogP contribution in [0.25, 0.3) is 0 Å². The van der Waals surface area contributed by atoms with Crippen molar-refractivity contribution in [2.75, 3.05) is 26.2 Å². The van der Waals surface area contributed by atoms with Crippen LogP contribution >= 0.6 is 11.3 Å². The molecule has 2 aromatic rings. The van der Waals surface area contributed by atoms with Crippen molar-refractivity contribution in [2.24, 2.45) is 5.92 Å². The van der Waals surface area contributed by atoms with Crippen LogP contribution in [0.15, 0.2) is 33.3 Å². The summed E-state index contributed by atoms with van der Waals surface area (Å²) < 4.78 is 27.1. The fourth-order valence-corrected chi connectivity index (χ4v) is 6.40. The molecule has 2 heterocycles. The SMILES string of the molecule is Cc1ccc(C(=O)NC(C(=O)N2CCN(S(=O)(=O)c3sc(=O)[nH]c3C)CC2)C(C)C)cc1. The van der Waals surface area contributed by atoms with E-state index in [2.05, 4.69) is 10.3 Å². The Balaban J connectivity index is 1.67. The monoisotopic (exact) mass is 480 g/mol. The maximum atomic E-state index is 13.1. The molecule has 0 radical (unpaired) electrons. The van der Waals surface area contributed by atoms with E-state index in [9.17, 15) is 22.8 Å². The molecule has 2 amide bonds. The second-order valence-corrected chi connectivity index (χ2v) is 11.3. The number of aromatic amines is 1. The van der Waals surface area contributed by atoms with Crippen molar-refractivity contribution < 1.29 is 18.0 Å². The van der Waals surface area contributed by atoms with Crippen LogP contribution in [0.5, 0.6) is 0 Å². The first-order valence-corrected chi connectivity index (χ1v) is 12.6. The number of thiazole rings is 1. The van der Waals surface area contributed by atoms with Gasteiger partial charge in [0.1, 0.15) is 6.04 Å². The number of piperazine rings is 1. The van der Waals surface area contributed by atoms with E-state index < -0.39 is 20.9 Å². The first kappa shape index (κ1) is 24.1. The minimum atomic E-state index is -3.80. The Morgan fingerprint density at radius 1 is 1.06 bits per heavy atom. The molecule has 1 atom stereocenters. The minimum absolute atomic E-state index is 0.00712. The summed E-state index contributed by atoms with van der Waals surface area (Å²) in [5.41, 5.74) is 1.83. The van der Waals surface area contributed by atoms with Crippen LogP contribution in [-0.4, -0.2) is 66.6 Å². The number of amides is 2. The Bertz CT molecular complexity index is 1140. The number of carbonyl (C=O) groups excluding carboxylic acids is 2. The van der Waals surface area contributed by atoms with Crippen LogP contribution in [0.4, 0.5) is 0 Å². The Labute approximate surface area is 191 Å². The van der Waals surface area contributed by atoms with Crippen molar-refractivity contribution in [1.82, 2.24) is 19.5 Å². The summed E-state index contributed by atoms with van der Waals surface area (Å²) in [4.78, 5) is 41.0. The summed E-state index contributed by atoms with van der Waals surface area (Å²) in [6.07, 6.45) is 0. The van der Waals surface area contributed by atoms with Gasteiger partial charge in [0.2, 0.25) is 5.91 Å². The maximum absolute atomic E-state index is 13.1. The summed E-state index contributed by atoms with van der Waals surface area (Å²) in [5.74, 6) is -0.700. The van der Waals surface area contributed by atoms with Gasteiger partial charge < -0.3 is 15.2 Å². The normalized spacial score (nSPS) is 16.2. The second-order valence-electron chi connectivity index (χ2n) is 8.22. The Morgan fingerprint density at radius 2 is 1.66 bits per heavy atom. The zero-order chi connectivity index (χ0) is 23.6. The van der Waals surface area contributed by atoms with Gasteiger partial charge in [-0.15, -0.1) is 0 Å². The first-order valence-electron chi connectivity index (χ1n) is 10.4.